The summed E-state index contributed by atoms with van der Waals surface area (Å²) in [5.74, 6) is 0.548. The summed E-state index contributed by atoms with van der Waals surface area (Å²) in [5, 5.41) is 4.22. The molecule has 0 fully saturated rings. The van der Waals surface area contributed by atoms with E-state index in [1.165, 1.54) is 11.1 Å². The first kappa shape index (κ1) is 12.6. The number of hydrogen-bond donors (Lipinski definition) is 0. The van der Waals surface area contributed by atoms with Gasteiger partial charge in [-0.25, -0.2) is 0 Å². The second kappa shape index (κ2) is 5.17. The molecule has 1 heterocycles. The van der Waals surface area contributed by atoms with Crippen LogP contribution in [0.4, 0.5) is 0 Å². The van der Waals surface area contributed by atoms with Gasteiger partial charge in [0.2, 0.25) is 0 Å². The normalized spacial score (nSPS) is 10.9. The zero-order valence-electron chi connectivity index (χ0n) is 11.1. The average molecular weight is 242 g/mol. The molecule has 0 radical (unpaired) electrons. The number of carbonyl (C=O) groups is 1. The van der Waals surface area contributed by atoms with Crippen LogP contribution in [0.15, 0.2) is 30.5 Å². The van der Waals surface area contributed by atoms with Crippen LogP contribution in [0.1, 0.15) is 46.9 Å². The summed E-state index contributed by atoms with van der Waals surface area (Å²) in [7, 11) is 0. The Morgan fingerprint density at radius 2 is 1.94 bits per heavy atom. The van der Waals surface area contributed by atoms with Gasteiger partial charge in [0.1, 0.15) is 0 Å². The molecule has 18 heavy (non-hydrogen) atoms. The predicted molar refractivity (Wildman–Crippen MR) is 72.0 cm³/mol. The first-order valence-electron chi connectivity index (χ1n) is 6.18. The molecule has 3 nitrogen and oxygen atoms in total. The first-order valence-corrected chi connectivity index (χ1v) is 6.18. The van der Waals surface area contributed by atoms with Crippen molar-refractivity contribution in [1.82, 2.24) is 9.78 Å². The highest BCUT2D eigenvalue weighted by Gasteiger charge is 2.06. The Kier molecular flexibility index (Phi) is 3.60. The van der Waals surface area contributed by atoms with Crippen LogP contribution in [-0.4, -0.2) is 16.1 Å². The fraction of sp³-hybridized carbons (Fsp3) is 0.333. The molecule has 0 aliphatic heterocycles. The zero-order chi connectivity index (χ0) is 13.1. The van der Waals surface area contributed by atoms with Crippen molar-refractivity contribution in [2.45, 2.75) is 33.2 Å². The van der Waals surface area contributed by atoms with Crippen LogP contribution in [0.25, 0.3) is 0 Å². The van der Waals surface area contributed by atoms with Crippen molar-refractivity contribution in [3.8, 4) is 0 Å². The predicted octanol–water partition coefficient (Wildman–Crippen LogP) is 3.18. The molecule has 0 N–H and O–H groups in total. The Hall–Kier alpha value is -1.90. The van der Waals surface area contributed by atoms with E-state index < -0.39 is 0 Å². The van der Waals surface area contributed by atoms with Crippen LogP contribution in [0.5, 0.6) is 0 Å². The molecule has 0 aliphatic rings. The summed E-state index contributed by atoms with van der Waals surface area (Å²) < 4.78 is 1.86. The van der Waals surface area contributed by atoms with E-state index in [1.54, 1.807) is 6.20 Å². The number of aldehydes is 1. The molecule has 0 atom stereocenters. The van der Waals surface area contributed by atoms with E-state index >= 15 is 0 Å². The lowest BCUT2D eigenvalue weighted by Gasteiger charge is -2.08. The molecule has 2 aromatic rings. The summed E-state index contributed by atoms with van der Waals surface area (Å²) in [4.78, 5) is 10.8. The highest BCUT2D eigenvalue weighted by Crippen LogP contribution is 2.15. The molecule has 0 aliphatic carbocycles. The van der Waals surface area contributed by atoms with Gasteiger partial charge in [-0.2, -0.15) is 5.10 Å². The highest BCUT2D eigenvalue weighted by atomic mass is 16.1. The van der Waals surface area contributed by atoms with Crippen molar-refractivity contribution in [2.24, 2.45) is 0 Å². The smallest absolute Gasteiger partial charge is 0.153 e. The second-order valence-corrected chi connectivity index (χ2v) is 4.86. The van der Waals surface area contributed by atoms with Gasteiger partial charge >= 0.3 is 0 Å². The fourth-order valence-corrected chi connectivity index (χ4v) is 1.92. The molecule has 0 saturated heterocycles. The van der Waals surface area contributed by atoms with Crippen molar-refractivity contribution in [1.29, 1.82) is 0 Å². The van der Waals surface area contributed by atoms with Gasteiger partial charge in [0, 0.05) is 5.69 Å². The molecule has 3 heteroatoms. The average Bonchev–Trinajstić information content (AvgIpc) is 2.71. The van der Waals surface area contributed by atoms with Crippen molar-refractivity contribution in [3.05, 3.63) is 52.8 Å². The van der Waals surface area contributed by atoms with Gasteiger partial charge in [0.05, 0.1) is 18.3 Å². The van der Waals surface area contributed by atoms with Gasteiger partial charge in [-0.1, -0.05) is 38.1 Å². The third-order valence-electron chi connectivity index (χ3n) is 3.25. The number of nitrogens with zero attached hydrogens (tertiary/aromatic N) is 2. The largest absolute Gasteiger partial charge is 0.298 e. The number of benzene rings is 1. The van der Waals surface area contributed by atoms with Gasteiger partial charge < -0.3 is 0 Å². The Morgan fingerprint density at radius 3 is 2.44 bits per heavy atom. The van der Waals surface area contributed by atoms with Crippen molar-refractivity contribution >= 4 is 6.29 Å². The molecule has 0 unspecified atom stereocenters. The Balaban J connectivity index is 2.18. The number of aromatic nitrogens is 2. The topological polar surface area (TPSA) is 34.9 Å². The molecule has 0 bridgehead atoms. The van der Waals surface area contributed by atoms with Crippen LogP contribution < -0.4 is 0 Å². The molecular formula is C15H18N2O. The van der Waals surface area contributed by atoms with Crippen molar-refractivity contribution < 1.29 is 4.79 Å². The maximum Gasteiger partial charge on any atom is 0.153 e. The van der Waals surface area contributed by atoms with Gasteiger partial charge in [0.15, 0.2) is 6.29 Å². The lowest BCUT2D eigenvalue weighted by atomic mass is 10.0. The standard InChI is InChI=1S/C15H18N2O/c1-11(2)14-6-4-13(5-7-14)9-17-12(3)15(10-18)8-16-17/h4-8,10-11H,9H2,1-3H3. The first-order chi connectivity index (χ1) is 8.61. The quantitative estimate of drug-likeness (QED) is 0.772. The number of carbonyl (C=O) groups excluding carboxylic acids is 1. The van der Waals surface area contributed by atoms with Crippen LogP contribution in [-0.2, 0) is 6.54 Å². The van der Waals surface area contributed by atoms with Crippen molar-refractivity contribution in [2.75, 3.05) is 0 Å². The minimum absolute atomic E-state index is 0.548. The van der Waals surface area contributed by atoms with E-state index in [4.69, 9.17) is 0 Å². The SMILES string of the molecule is Cc1c(C=O)cnn1Cc1ccc(C(C)C)cc1. The van der Waals surface area contributed by atoms with Crippen LogP contribution in [0.3, 0.4) is 0 Å². The van der Waals surface area contributed by atoms with E-state index in [0.717, 1.165) is 12.0 Å². The van der Waals surface area contributed by atoms with Gasteiger partial charge in [-0.3, -0.25) is 9.48 Å². The molecule has 94 valence electrons. The minimum Gasteiger partial charge on any atom is -0.298 e. The Bertz CT molecular complexity index is 538. The van der Waals surface area contributed by atoms with Crippen LogP contribution in [0, 0.1) is 6.92 Å². The van der Waals surface area contributed by atoms with Crippen LogP contribution in [0.2, 0.25) is 0 Å². The van der Waals surface area contributed by atoms with Crippen molar-refractivity contribution in [3.63, 3.8) is 0 Å². The third kappa shape index (κ3) is 2.50. The Labute approximate surface area is 107 Å². The van der Waals surface area contributed by atoms with Gasteiger partial charge in [-0.05, 0) is 24.0 Å². The lowest BCUT2D eigenvalue weighted by molar-refractivity contribution is 0.112. The van der Waals surface area contributed by atoms with E-state index in [0.29, 0.717) is 18.0 Å². The molecule has 0 amide bonds. The monoisotopic (exact) mass is 242 g/mol. The summed E-state index contributed by atoms with van der Waals surface area (Å²) >= 11 is 0. The molecule has 1 aromatic carbocycles. The van der Waals surface area contributed by atoms with E-state index in [2.05, 4.69) is 43.2 Å². The Morgan fingerprint density at radius 1 is 1.28 bits per heavy atom. The van der Waals surface area contributed by atoms with E-state index in [1.807, 2.05) is 11.6 Å². The summed E-state index contributed by atoms with van der Waals surface area (Å²) in [5.41, 5.74) is 4.11. The maximum atomic E-state index is 10.8. The molecular weight excluding hydrogens is 224 g/mol. The lowest BCUT2D eigenvalue weighted by Crippen LogP contribution is -2.04. The maximum absolute atomic E-state index is 10.8. The van der Waals surface area contributed by atoms with Gasteiger partial charge in [-0.15, -0.1) is 0 Å². The third-order valence-corrected chi connectivity index (χ3v) is 3.25. The van der Waals surface area contributed by atoms with Gasteiger partial charge in [0.25, 0.3) is 0 Å². The molecule has 1 aromatic heterocycles. The fourth-order valence-electron chi connectivity index (χ4n) is 1.92. The second-order valence-electron chi connectivity index (χ2n) is 4.86. The summed E-state index contributed by atoms with van der Waals surface area (Å²) in [6.07, 6.45) is 2.46. The number of hydrogen-bond acceptors (Lipinski definition) is 2. The summed E-state index contributed by atoms with van der Waals surface area (Å²) in [6, 6.07) is 8.55. The van der Waals surface area contributed by atoms with E-state index in [-0.39, 0.29) is 0 Å². The van der Waals surface area contributed by atoms with E-state index in [9.17, 15) is 4.79 Å². The zero-order valence-corrected chi connectivity index (χ0v) is 11.1. The number of rotatable bonds is 4. The summed E-state index contributed by atoms with van der Waals surface area (Å²) in [6.45, 7) is 6.99. The minimum atomic E-state index is 0.548. The molecule has 0 spiro atoms. The molecule has 2 rings (SSSR count). The van der Waals surface area contributed by atoms with Crippen LogP contribution >= 0.6 is 0 Å². The molecule has 0 saturated carbocycles. The highest BCUT2D eigenvalue weighted by molar-refractivity contribution is 5.75.